The van der Waals surface area contributed by atoms with E-state index in [1.165, 1.54) is 0 Å². The fraction of sp³-hybridized carbons (Fsp3) is 0.375. The largest absolute Gasteiger partial charge is 0.384 e. The van der Waals surface area contributed by atoms with Crippen LogP contribution in [0, 0.1) is 0 Å². The topological polar surface area (TPSA) is 64.9 Å². The van der Waals surface area contributed by atoms with Crippen molar-refractivity contribution in [2.75, 3.05) is 11.5 Å². The zero-order valence-corrected chi connectivity index (χ0v) is 7.84. The first-order valence-corrected chi connectivity index (χ1v) is 4.77. The molecule has 1 rings (SSSR count). The number of hydrogen-bond donors (Lipinski definition) is 2. The molecule has 0 saturated heterocycles. The van der Waals surface area contributed by atoms with E-state index in [4.69, 9.17) is 11.5 Å². The minimum Gasteiger partial charge on any atom is -0.384 e. The highest BCUT2D eigenvalue weighted by Crippen LogP contribution is 2.17. The van der Waals surface area contributed by atoms with E-state index >= 15 is 0 Å². The Hall–Kier alpha value is -0.740. The third-order valence-corrected chi connectivity index (χ3v) is 2.54. The zero-order chi connectivity index (χ0) is 8.97. The molecule has 1 heterocycles. The molecule has 1 aromatic rings. The van der Waals surface area contributed by atoms with E-state index in [9.17, 15) is 0 Å². The molecule has 0 spiro atoms. The lowest BCUT2D eigenvalue weighted by Gasteiger charge is -2.03. The van der Waals surface area contributed by atoms with Crippen molar-refractivity contribution in [1.29, 1.82) is 0 Å². The van der Waals surface area contributed by atoms with Crippen LogP contribution < -0.4 is 11.5 Å². The summed E-state index contributed by atoms with van der Waals surface area (Å²) in [4.78, 5) is 5.09. The molecule has 4 heteroatoms. The van der Waals surface area contributed by atoms with Gasteiger partial charge < -0.3 is 11.5 Å². The Bertz CT molecular complexity index is 233. The summed E-state index contributed by atoms with van der Waals surface area (Å²) in [5, 5.41) is 0. The van der Waals surface area contributed by atoms with Crippen LogP contribution in [-0.4, -0.2) is 16.8 Å². The molecular formula is C8H13N3S. The molecule has 1 unspecified atom stereocenters. The van der Waals surface area contributed by atoms with Crippen LogP contribution in [0.25, 0.3) is 0 Å². The molecule has 0 aromatic carbocycles. The number of anilines is 1. The fourth-order valence-electron chi connectivity index (χ4n) is 0.705. The Morgan fingerprint density at radius 3 is 2.83 bits per heavy atom. The van der Waals surface area contributed by atoms with Crippen LogP contribution >= 0.6 is 11.8 Å². The molecule has 66 valence electrons. The molecule has 0 radical (unpaired) electrons. The standard InChI is InChI=1S/C8H13N3S/c1-6(9)5-12-7-2-3-8(10)11-4-7/h2-4,6H,5,9H2,1H3,(H2,10,11). The van der Waals surface area contributed by atoms with Gasteiger partial charge in [-0.05, 0) is 19.1 Å². The van der Waals surface area contributed by atoms with Gasteiger partial charge in [0.1, 0.15) is 5.82 Å². The third kappa shape index (κ3) is 3.11. The van der Waals surface area contributed by atoms with E-state index in [-0.39, 0.29) is 6.04 Å². The summed E-state index contributed by atoms with van der Waals surface area (Å²) in [6, 6.07) is 3.96. The van der Waals surface area contributed by atoms with Gasteiger partial charge in [0.25, 0.3) is 0 Å². The van der Waals surface area contributed by atoms with Gasteiger partial charge in [-0.1, -0.05) is 0 Å². The molecule has 0 amide bonds. The molecule has 0 saturated carbocycles. The summed E-state index contributed by atoms with van der Waals surface area (Å²) in [6.07, 6.45) is 1.77. The maximum absolute atomic E-state index is 5.60. The lowest BCUT2D eigenvalue weighted by atomic mass is 10.4. The second-order valence-corrected chi connectivity index (χ2v) is 3.80. The number of aromatic nitrogens is 1. The van der Waals surface area contributed by atoms with E-state index in [1.807, 2.05) is 13.0 Å². The van der Waals surface area contributed by atoms with E-state index < -0.39 is 0 Å². The molecular weight excluding hydrogens is 170 g/mol. The van der Waals surface area contributed by atoms with Crippen molar-refractivity contribution < 1.29 is 0 Å². The predicted molar refractivity (Wildman–Crippen MR) is 53.0 cm³/mol. The number of nitrogens with zero attached hydrogens (tertiary/aromatic N) is 1. The first kappa shape index (κ1) is 9.35. The van der Waals surface area contributed by atoms with Gasteiger partial charge in [-0.25, -0.2) is 4.98 Å². The Kier molecular flexibility index (Phi) is 3.37. The number of nitrogens with two attached hydrogens (primary N) is 2. The normalized spacial score (nSPS) is 12.8. The Labute approximate surface area is 76.5 Å². The SMILES string of the molecule is CC(N)CSc1ccc(N)nc1. The average Bonchev–Trinajstić information content (AvgIpc) is 2.03. The van der Waals surface area contributed by atoms with E-state index in [2.05, 4.69) is 4.98 Å². The molecule has 0 aliphatic rings. The molecule has 3 nitrogen and oxygen atoms in total. The molecule has 1 aromatic heterocycles. The van der Waals surface area contributed by atoms with Crippen LogP contribution in [0.2, 0.25) is 0 Å². The summed E-state index contributed by atoms with van der Waals surface area (Å²) < 4.78 is 0. The summed E-state index contributed by atoms with van der Waals surface area (Å²) in [7, 11) is 0. The summed E-state index contributed by atoms with van der Waals surface area (Å²) in [6.45, 7) is 1.98. The van der Waals surface area contributed by atoms with Crippen LogP contribution in [-0.2, 0) is 0 Å². The number of thioether (sulfide) groups is 1. The maximum atomic E-state index is 5.60. The fourth-order valence-corrected chi connectivity index (χ4v) is 1.45. The minimum atomic E-state index is 0.215. The first-order chi connectivity index (χ1) is 5.68. The van der Waals surface area contributed by atoms with Crippen molar-refractivity contribution in [3.05, 3.63) is 18.3 Å². The molecule has 0 fully saturated rings. The number of rotatable bonds is 3. The second kappa shape index (κ2) is 4.33. The van der Waals surface area contributed by atoms with Crippen LogP contribution in [0.1, 0.15) is 6.92 Å². The lowest BCUT2D eigenvalue weighted by Crippen LogP contribution is -2.17. The maximum Gasteiger partial charge on any atom is 0.123 e. The third-order valence-electron chi connectivity index (χ3n) is 1.27. The summed E-state index contributed by atoms with van der Waals surface area (Å²) >= 11 is 1.69. The average molecular weight is 183 g/mol. The van der Waals surface area contributed by atoms with Crippen LogP contribution in [0.15, 0.2) is 23.2 Å². The van der Waals surface area contributed by atoms with Gasteiger partial charge in [0.2, 0.25) is 0 Å². The molecule has 0 aliphatic heterocycles. The van der Waals surface area contributed by atoms with Crippen molar-refractivity contribution in [2.45, 2.75) is 17.9 Å². The highest BCUT2D eigenvalue weighted by Gasteiger charge is 1.97. The van der Waals surface area contributed by atoms with Crippen molar-refractivity contribution in [3.8, 4) is 0 Å². The van der Waals surface area contributed by atoms with Crippen molar-refractivity contribution in [1.82, 2.24) is 4.98 Å². The van der Waals surface area contributed by atoms with Gasteiger partial charge in [0.05, 0.1) is 0 Å². The predicted octanol–water partition coefficient (Wildman–Crippen LogP) is 1.10. The molecule has 0 aliphatic carbocycles. The highest BCUT2D eigenvalue weighted by atomic mass is 32.2. The lowest BCUT2D eigenvalue weighted by molar-refractivity contribution is 0.847. The Morgan fingerprint density at radius 2 is 2.33 bits per heavy atom. The first-order valence-electron chi connectivity index (χ1n) is 3.78. The van der Waals surface area contributed by atoms with Gasteiger partial charge >= 0.3 is 0 Å². The highest BCUT2D eigenvalue weighted by molar-refractivity contribution is 7.99. The zero-order valence-electron chi connectivity index (χ0n) is 7.03. The smallest absolute Gasteiger partial charge is 0.123 e. The van der Waals surface area contributed by atoms with Gasteiger partial charge in [-0.2, -0.15) is 0 Å². The number of nitrogen functional groups attached to an aromatic ring is 1. The Balaban J connectivity index is 2.48. The van der Waals surface area contributed by atoms with Crippen molar-refractivity contribution in [3.63, 3.8) is 0 Å². The summed E-state index contributed by atoms with van der Waals surface area (Å²) in [5.74, 6) is 1.46. The number of pyridine rings is 1. The van der Waals surface area contributed by atoms with Crippen LogP contribution in [0.3, 0.4) is 0 Å². The van der Waals surface area contributed by atoms with Gasteiger partial charge in [0, 0.05) is 22.9 Å². The summed E-state index contributed by atoms with van der Waals surface area (Å²) in [5.41, 5.74) is 11.0. The monoisotopic (exact) mass is 183 g/mol. The molecule has 1 atom stereocenters. The number of hydrogen-bond acceptors (Lipinski definition) is 4. The van der Waals surface area contributed by atoms with Crippen molar-refractivity contribution >= 4 is 17.6 Å². The van der Waals surface area contributed by atoms with Crippen LogP contribution in [0.5, 0.6) is 0 Å². The molecule has 12 heavy (non-hydrogen) atoms. The molecule has 0 bridgehead atoms. The van der Waals surface area contributed by atoms with Gasteiger partial charge in [-0.15, -0.1) is 11.8 Å². The minimum absolute atomic E-state index is 0.215. The van der Waals surface area contributed by atoms with Gasteiger partial charge in [0.15, 0.2) is 0 Å². The van der Waals surface area contributed by atoms with Crippen LogP contribution in [0.4, 0.5) is 5.82 Å². The van der Waals surface area contributed by atoms with Crippen molar-refractivity contribution in [2.24, 2.45) is 5.73 Å². The van der Waals surface area contributed by atoms with Gasteiger partial charge in [-0.3, -0.25) is 0 Å². The quantitative estimate of drug-likeness (QED) is 0.689. The molecule has 4 N–H and O–H groups in total. The van der Waals surface area contributed by atoms with E-state index in [0.717, 1.165) is 10.6 Å². The van der Waals surface area contributed by atoms with E-state index in [0.29, 0.717) is 5.82 Å². The Morgan fingerprint density at radius 1 is 1.58 bits per heavy atom. The van der Waals surface area contributed by atoms with E-state index in [1.54, 1.807) is 24.0 Å². The second-order valence-electron chi connectivity index (χ2n) is 2.71.